The van der Waals surface area contributed by atoms with Gasteiger partial charge in [-0.15, -0.1) is 0 Å². The quantitative estimate of drug-likeness (QED) is 0.765. The zero-order valence-corrected chi connectivity index (χ0v) is 14.3. The van der Waals surface area contributed by atoms with Gasteiger partial charge >= 0.3 is 0 Å². The Bertz CT molecular complexity index is 889. The molecule has 2 amide bonds. The lowest BCUT2D eigenvalue weighted by Gasteiger charge is -2.07. The minimum Gasteiger partial charge on any atom is -0.457 e. The van der Waals surface area contributed by atoms with Crippen molar-refractivity contribution in [3.05, 3.63) is 89.7 Å². The Morgan fingerprint density at radius 1 is 0.885 bits per heavy atom. The summed E-state index contributed by atoms with van der Waals surface area (Å²) in [6.45, 7) is 1.94. The van der Waals surface area contributed by atoms with Crippen molar-refractivity contribution in [1.29, 1.82) is 0 Å². The first kappa shape index (κ1) is 17.4. The summed E-state index contributed by atoms with van der Waals surface area (Å²) in [6.07, 6.45) is 3.42. The minimum atomic E-state index is -0.396. The average molecular weight is 346 g/mol. The Morgan fingerprint density at radius 3 is 2.15 bits per heavy atom. The molecule has 0 saturated carbocycles. The summed E-state index contributed by atoms with van der Waals surface area (Å²) in [6, 6.07) is 17.7. The summed E-state index contributed by atoms with van der Waals surface area (Å²) in [4.78, 5) is 28.1. The SMILES string of the molecule is Cc1ccc(C(=O)NC(=O)Cc2ccc(Oc3ccncc3)cc2)cc1. The maximum absolute atomic E-state index is 12.1. The fourth-order valence-electron chi connectivity index (χ4n) is 2.35. The second-order valence-corrected chi connectivity index (χ2v) is 5.85. The van der Waals surface area contributed by atoms with Gasteiger partial charge in [0.15, 0.2) is 0 Å². The molecule has 5 heteroatoms. The van der Waals surface area contributed by atoms with Crippen molar-refractivity contribution >= 4 is 11.8 Å². The van der Waals surface area contributed by atoms with Crippen molar-refractivity contribution < 1.29 is 14.3 Å². The van der Waals surface area contributed by atoms with E-state index in [1.54, 1.807) is 60.9 Å². The zero-order chi connectivity index (χ0) is 18.4. The molecule has 3 aromatic rings. The van der Waals surface area contributed by atoms with Gasteiger partial charge in [0.05, 0.1) is 6.42 Å². The molecule has 1 aromatic heterocycles. The predicted molar refractivity (Wildman–Crippen MR) is 98.1 cm³/mol. The molecule has 0 saturated heterocycles. The van der Waals surface area contributed by atoms with Gasteiger partial charge in [0.2, 0.25) is 5.91 Å². The summed E-state index contributed by atoms with van der Waals surface area (Å²) in [5.74, 6) is 0.608. The van der Waals surface area contributed by atoms with Gasteiger partial charge in [-0.25, -0.2) is 0 Å². The molecule has 0 aliphatic carbocycles. The Morgan fingerprint density at radius 2 is 1.50 bits per heavy atom. The van der Waals surface area contributed by atoms with Crippen LogP contribution in [0.5, 0.6) is 11.5 Å². The topological polar surface area (TPSA) is 68.3 Å². The highest BCUT2D eigenvalue weighted by Gasteiger charge is 2.11. The lowest BCUT2D eigenvalue weighted by molar-refractivity contribution is -0.119. The van der Waals surface area contributed by atoms with E-state index in [0.29, 0.717) is 17.1 Å². The van der Waals surface area contributed by atoms with Gasteiger partial charge in [-0.3, -0.25) is 19.9 Å². The Balaban J connectivity index is 1.55. The van der Waals surface area contributed by atoms with E-state index in [9.17, 15) is 9.59 Å². The monoisotopic (exact) mass is 346 g/mol. The second kappa shape index (κ2) is 8.07. The van der Waals surface area contributed by atoms with Gasteiger partial charge < -0.3 is 4.74 Å². The third-order valence-electron chi connectivity index (χ3n) is 3.74. The van der Waals surface area contributed by atoms with Gasteiger partial charge in [0.25, 0.3) is 5.91 Å². The van der Waals surface area contributed by atoms with Gasteiger partial charge in [-0.1, -0.05) is 29.8 Å². The molecule has 0 fully saturated rings. The normalized spacial score (nSPS) is 10.2. The number of pyridine rings is 1. The highest BCUT2D eigenvalue weighted by Crippen LogP contribution is 2.20. The van der Waals surface area contributed by atoms with Crippen molar-refractivity contribution in [2.45, 2.75) is 13.3 Å². The van der Waals surface area contributed by atoms with Crippen LogP contribution in [0.25, 0.3) is 0 Å². The number of hydrogen-bond donors (Lipinski definition) is 1. The molecule has 5 nitrogen and oxygen atoms in total. The molecule has 0 atom stereocenters. The number of hydrogen-bond acceptors (Lipinski definition) is 4. The number of amides is 2. The summed E-state index contributed by atoms with van der Waals surface area (Å²) in [5, 5.41) is 2.40. The van der Waals surface area contributed by atoms with Gasteiger partial charge in [0, 0.05) is 18.0 Å². The number of imide groups is 1. The molecule has 0 radical (unpaired) electrons. The van der Waals surface area contributed by atoms with Crippen LogP contribution in [0, 0.1) is 6.92 Å². The number of nitrogens with one attached hydrogen (secondary N) is 1. The van der Waals surface area contributed by atoms with Crippen LogP contribution in [-0.2, 0) is 11.2 Å². The van der Waals surface area contributed by atoms with Crippen LogP contribution in [0.1, 0.15) is 21.5 Å². The highest BCUT2D eigenvalue weighted by molar-refractivity contribution is 6.05. The Labute approximate surface area is 151 Å². The van der Waals surface area contributed by atoms with Crippen molar-refractivity contribution in [2.75, 3.05) is 0 Å². The number of carbonyl (C=O) groups is 2. The van der Waals surface area contributed by atoms with E-state index in [4.69, 9.17) is 4.74 Å². The van der Waals surface area contributed by atoms with E-state index in [1.165, 1.54) is 0 Å². The average Bonchev–Trinajstić information content (AvgIpc) is 2.64. The van der Waals surface area contributed by atoms with Crippen LogP contribution >= 0.6 is 0 Å². The number of aromatic nitrogens is 1. The molecule has 130 valence electrons. The van der Waals surface area contributed by atoms with Crippen LogP contribution in [-0.4, -0.2) is 16.8 Å². The van der Waals surface area contributed by atoms with Crippen LogP contribution in [0.15, 0.2) is 73.1 Å². The van der Waals surface area contributed by atoms with Crippen LogP contribution in [0.3, 0.4) is 0 Å². The number of carbonyl (C=O) groups excluding carboxylic acids is 2. The minimum absolute atomic E-state index is 0.118. The summed E-state index contributed by atoms with van der Waals surface area (Å²) < 4.78 is 5.68. The fraction of sp³-hybridized carbons (Fsp3) is 0.0952. The van der Waals surface area contributed by atoms with E-state index in [1.807, 2.05) is 19.1 Å². The van der Waals surface area contributed by atoms with E-state index in [-0.39, 0.29) is 12.3 Å². The standard InChI is InChI=1S/C21H18N2O3/c1-15-2-6-17(7-3-15)21(25)23-20(24)14-16-4-8-18(9-5-16)26-19-10-12-22-13-11-19/h2-13H,14H2,1H3,(H,23,24,25). The molecule has 0 aliphatic heterocycles. The maximum Gasteiger partial charge on any atom is 0.257 e. The van der Waals surface area contributed by atoms with E-state index in [0.717, 1.165) is 11.1 Å². The Hall–Kier alpha value is -3.47. The van der Waals surface area contributed by atoms with Crippen molar-refractivity contribution in [3.63, 3.8) is 0 Å². The van der Waals surface area contributed by atoms with Gasteiger partial charge in [-0.2, -0.15) is 0 Å². The molecular weight excluding hydrogens is 328 g/mol. The van der Waals surface area contributed by atoms with Crippen LogP contribution < -0.4 is 10.1 Å². The van der Waals surface area contributed by atoms with E-state index >= 15 is 0 Å². The molecule has 3 rings (SSSR count). The Kier molecular flexibility index (Phi) is 5.39. The summed E-state index contributed by atoms with van der Waals surface area (Å²) in [7, 11) is 0. The van der Waals surface area contributed by atoms with Gasteiger partial charge in [0.1, 0.15) is 11.5 Å². The first-order chi connectivity index (χ1) is 12.6. The maximum atomic E-state index is 12.1. The van der Waals surface area contributed by atoms with Crippen molar-refractivity contribution in [1.82, 2.24) is 10.3 Å². The molecule has 0 bridgehead atoms. The molecule has 0 aliphatic rings. The number of aryl methyl sites for hydroxylation is 1. The second-order valence-electron chi connectivity index (χ2n) is 5.85. The molecule has 1 N–H and O–H groups in total. The summed E-state index contributed by atoms with van der Waals surface area (Å²) >= 11 is 0. The number of benzene rings is 2. The molecule has 2 aromatic carbocycles. The van der Waals surface area contributed by atoms with E-state index < -0.39 is 5.91 Å². The molecule has 0 unspecified atom stereocenters. The molecule has 1 heterocycles. The third-order valence-corrected chi connectivity index (χ3v) is 3.74. The van der Waals surface area contributed by atoms with E-state index in [2.05, 4.69) is 10.3 Å². The first-order valence-corrected chi connectivity index (χ1v) is 8.18. The predicted octanol–water partition coefficient (Wildman–Crippen LogP) is 3.68. The lowest BCUT2D eigenvalue weighted by Crippen LogP contribution is -2.31. The van der Waals surface area contributed by atoms with Crippen molar-refractivity contribution in [3.8, 4) is 11.5 Å². The number of ether oxygens (including phenoxy) is 1. The smallest absolute Gasteiger partial charge is 0.257 e. The van der Waals surface area contributed by atoms with Crippen LogP contribution in [0.2, 0.25) is 0 Å². The fourth-order valence-corrected chi connectivity index (χ4v) is 2.35. The number of rotatable bonds is 5. The largest absolute Gasteiger partial charge is 0.457 e. The lowest BCUT2D eigenvalue weighted by atomic mass is 10.1. The van der Waals surface area contributed by atoms with Crippen LogP contribution in [0.4, 0.5) is 0 Å². The molecule has 0 spiro atoms. The zero-order valence-electron chi connectivity index (χ0n) is 14.3. The third kappa shape index (κ3) is 4.77. The molecule has 26 heavy (non-hydrogen) atoms. The molecular formula is C21H18N2O3. The number of nitrogens with zero attached hydrogens (tertiary/aromatic N) is 1. The first-order valence-electron chi connectivity index (χ1n) is 8.18. The van der Waals surface area contributed by atoms with Crippen molar-refractivity contribution in [2.24, 2.45) is 0 Å². The highest BCUT2D eigenvalue weighted by atomic mass is 16.5. The van der Waals surface area contributed by atoms with Gasteiger partial charge in [-0.05, 0) is 48.9 Å². The summed E-state index contributed by atoms with van der Waals surface area (Å²) in [5.41, 5.74) is 2.31.